The molecule has 118 valence electrons. The minimum Gasteiger partial charge on any atom is -1.00 e. The summed E-state index contributed by atoms with van der Waals surface area (Å²) in [6.07, 6.45) is 7.84. The summed E-state index contributed by atoms with van der Waals surface area (Å²) in [6.45, 7) is 4.61. The molecule has 1 aliphatic heterocycles. The van der Waals surface area contributed by atoms with Gasteiger partial charge in [0.25, 0.3) is 0 Å². The summed E-state index contributed by atoms with van der Waals surface area (Å²) >= 11 is 2.51. The van der Waals surface area contributed by atoms with Gasteiger partial charge in [0, 0.05) is 0 Å². The van der Waals surface area contributed by atoms with Gasteiger partial charge in [-0.2, -0.15) is 0 Å². The second-order valence-electron chi connectivity index (χ2n) is 6.18. The van der Waals surface area contributed by atoms with Crippen LogP contribution in [0.4, 0.5) is 0 Å². The van der Waals surface area contributed by atoms with Crippen LogP contribution in [0.1, 0.15) is 26.7 Å². The monoisotopic (exact) mass is 406 g/mol. The molecule has 1 heterocycles. The molecule has 0 amide bonds. The van der Waals surface area contributed by atoms with Crippen LogP contribution in [0.2, 0.25) is 15.4 Å². The first kappa shape index (κ1) is 22.5. The molecule has 0 radical (unpaired) electrons. The fraction of sp³-hybridized carbons (Fsp3) is 0.412. The van der Waals surface area contributed by atoms with E-state index in [2.05, 4.69) is 76.8 Å². The zero-order valence-electron chi connectivity index (χ0n) is 13.0. The summed E-state index contributed by atoms with van der Waals surface area (Å²) in [5, 5.41) is 1.67. The standard InChI is InChI=1S/C17H21Si.3ClH.Ti/c1-14-12-15(2)17(13-14)18(10-6-7-11-18)16-8-4-3-5-9-16;;;;/h3-5,8-9,12-13H,6-7,10-11H2,1-2H3;3*1H;/q;;;;+3/p-3. The summed E-state index contributed by atoms with van der Waals surface area (Å²) in [4.78, 5) is 0. The molecule has 0 N–H and O–H groups in total. The van der Waals surface area contributed by atoms with E-state index in [-0.39, 0.29) is 37.2 Å². The van der Waals surface area contributed by atoms with E-state index in [1.54, 1.807) is 10.8 Å². The smallest absolute Gasteiger partial charge is 1.00 e. The molecule has 0 aromatic heterocycles. The van der Waals surface area contributed by atoms with Crippen LogP contribution in [0.3, 0.4) is 0 Å². The average Bonchev–Trinajstić information content (AvgIpc) is 2.98. The summed E-state index contributed by atoms with van der Waals surface area (Å²) in [5.74, 6) is 0. The Kier molecular flexibility index (Phi) is 8.75. The Bertz CT molecular complexity index is 550. The van der Waals surface area contributed by atoms with E-state index in [0.717, 1.165) is 0 Å². The molecule has 0 spiro atoms. The molecule has 22 heavy (non-hydrogen) atoms. The Morgan fingerprint density at radius 1 is 0.955 bits per heavy atom. The fourth-order valence-corrected chi connectivity index (χ4v) is 12.4. The fourth-order valence-electron chi connectivity index (χ4n) is 4.11. The molecule has 1 aliphatic carbocycles. The number of rotatable bonds is 2. The first-order valence-corrected chi connectivity index (χ1v) is 10.5. The van der Waals surface area contributed by atoms with Gasteiger partial charge in [0.2, 0.25) is 0 Å². The Morgan fingerprint density at radius 2 is 1.50 bits per heavy atom. The van der Waals surface area contributed by atoms with E-state index >= 15 is 0 Å². The predicted octanol–water partition coefficient (Wildman–Crippen LogP) is -4.70. The van der Waals surface area contributed by atoms with Gasteiger partial charge >= 0.3 is 129 Å². The van der Waals surface area contributed by atoms with Gasteiger partial charge < -0.3 is 37.2 Å². The van der Waals surface area contributed by atoms with Crippen LogP contribution in [-0.2, 0) is 20.4 Å². The molecule has 5 heteroatoms. The molecule has 1 unspecified atom stereocenters. The van der Waals surface area contributed by atoms with Gasteiger partial charge in [0.05, 0.1) is 0 Å². The number of benzene rings is 1. The van der Waals surface area contributed by atoms with Crippen molar-refractivity contribution < 1.29 is 57.7 Å². The van der Waals surface area contributed by atoms with Gasteiger partial charge in [0.1, 0.15) is 0 Å². The van der Waals surface area contributed by atoms with Crippen LogP contribution in [0, 0.1) is 0 Å². The number of hydrogen-bond donors (Lipinski definition) is 0. The van der Waals surface area contributed by atoms with Crippen molar-refractivity contribution >= 4 is 13.3 Å². The third kappa shape index (κ3) is 3.46. The molecule has 0 saturated carbocycles. The van der Waals surface area contributed by atoms with Gasteiger partial charge in [0.15, 0.2) is 0 Å². The van der Waals surface area contributed by atoms with Crippen molar-refractivity contribution in [2.45, 2.75) is 42.1 Å². The molecule has 1 fully saturated rings. The van der Waals surface area contributed by atoms with Crippen LogP contribution in [0.5, 0.6) is 0 Å². The van der Waals surface area contributed by atoms with Crippen molar-refractivity contribution in [2.24, 2.45) is 0 Å². The molecular weight excluding hydrogens is 386 g/mol. The van der Waals surface area contributed by atoms with Gasteiger partial charge in [-0.1, -0.05) is 0 Å². The summed E-state index contributed by atoms with van der Waals surface area (Å²) in [7, 11) is -1.45. The summed E-state index contributed by atoms with van der Waals surface area (Å²) < 4.78 is 0.342. The number of hydrogen-bond acceptors (Lipinski definition) is 0. The van der Waals surface area contributed by atoms with E-state index in [1.807, 2.05) is 0 Å². The predicted molar refractivity (Wildman–Crippen MR) is 80.9 cm³/mol. The van der Waals surface area contributed by atoms with Crippen molar-refractivity contribution in [1.82, 2.24) is 0 Å². The normalized spacial score (nSPS) is 25.3. The minimum absolute atomic E-state index is 0. The van der Waals surface area contributed by atoms with E-state index in [1.165, 1.54) is 30.5 Å². The second kappa shape index (κ2) is 8.56. The van der Waals surface area contributed by atoms with Crippen molar-refractivity contribution in [1.29, 1.82) is 0 Å². The molecule has 1 atom stereocenters. The van der Waals surface area contributed by atoms with Crippen LogP contribution >= 0.6 is 0 Å². The third-order valence-corrected chi connectivity index (χ3v) is 14.0. The maximum atomic E-state index is 2.58. The molecule has 0 nitrogen and oxygen atoms in total. The van der Waals surface area contributed by atoms with Gasteiger partial charge in [-0.15, -0.1) is 0 Å². The van der Waals surface area contributed by atoms with Crippen molar-refractivity contribution in [3.8, 4) is 0 Å². The maximum Gasteiger partial charge on any atom is -1.00 e. The largest absolute Gasteiger partial charge is 1.00 e. The second-order valence-corrected chi connectivity index (χ2v) is 12.7. The van der Waals surface area contributed by atoms with Gasteiger partial charge in [-0.05, 0) is 0 Å². The van der Waals surface area contributed by atoms with Crippen LogP contribution in [-0.4, -0.2) is 8.07 Å². The summed E-state index contributed by atoms with van der Waals surface area (Å²) in [5.41, 5.74) is 3.07. The van der Waals surface area contributed by atoms with E-state index in [4.69, 9.17) is 0 Å². The van der Waals surface area contributed by atoms with E-state index in [9.17, 15) is 0 Å². The quantitative estimate of drug-likeness (QED) is 0.433. The number of allylic oxidation sites excluding steroid dienone is 4. The van der Waals surface area contributed by atoms with Gasteiger partial charge in [-0.25, -0.2) is 0 Å². The number of halogens is 3. The third-order valence-electron chi connectivity index (χ3n) is 5.05. The minimum atomic E-state index is -1.45. The van der Waals surface area contributed by atoms with Crippen LogP contribution < -0.4 is 42.4 Å². The van der Waals surface area contributed by atoms with Crippen LogP contribution in [0.15, 0.2) is 53.6 Å². The first-order valence-electron chi connectivity index (χ1n) is 7.27. The zero-order chi connectivity index (χ0) is 13.5. The Balaban J connectivity index is 0.00000147. The Morgan fingerprint density at radius 3 is 1.95 bits per heavy atom. The maximum absolute atomic E-state index is 2.58. The summed E-state index contributed by atoms with van der Waals surface area (Å²) in [6, 6.07) is 14.3. The molecule has 3 rings (SSSR count). The van der Waals surface area contributed by atoms with Crippen molar-refractivity contribution in [2.75, 3.05) is 0 Å². The molecule has 1 aromatic carbocycles. The Hall–Kier alpha value is 0.501. The molecule has 0 bridgehead atoms. The van der Waals surface area contributed by atoms with Gasteiger partial charge in [-0.3, -0.25) is 0 Å². The average molecular weight is 408 g/mol. The van der Waals surface area contributed by atoms with Crippen LogP contribution in [0.25, 0.3) is 0 Å². The SMILES string of the molecule is CC1=C[C]([Ti+3])([Si]2(c3ccccc3)CCCC2)C(C)=C1.[Cl-].[Cl-].[Cl-]. The molecule has 1 aromatic rings. The van der Waals surface area contributed by atoms with E-state index < -0.39 is 8.07 Å². The Labute approximate surface area is 165 Å². The van der Waals surface area contributed by atoms with Crippen molar-refractivity contribution in [3.63, 3.8) is 0 Å². The molecular formula is C17H21Cl3SiTi. The van der Waals surface area contributed by atoms with E-state index in [0.29, 0.717) is 3.34 Å². The molecule has 2 aliphatic rings. The van der Waals surface area contributed by atoms with Crippen molar-refractivity contribution in [3.05, 3.63) is 53.6 Å². The topological polar surface area (TPSA) is 0 Å². The molecule has 1 saturated heterocycles. The zero-order valence-corrected chi connectivity index (χ0v) is 17.8. The first-order chi connectivity index (χ1) is 9.08.